The van der Waals surface area contributed by atoms with E-state index in [0.717, 1.165) is 25.7 Å². The molecule has 1 aliphatic carbocycles. The van der Waals surface area contributed by atoms with Gasteiger partial charge in [0.2, 0.25) is 0 Å². The second-order valence-electron chi connectivity index (χ2n) is 6.96. The molecule has 7 N–H and O–H groups in total. The van der Waals surface area contributed by atoms with Crippen LogP contribution >= 0.6 is 0 Å². The van der Waals surface area contributed by atoms with Gasteiger partial charge in [-0.2, -0.15) is 0 Å². The van der Waals surface area contributed by atoms with Crippen molar-refractivity contribution in [2.24, 2.45) is 16.5 Å². The highest BCUT2D eigenvalue weighted by Gasteiger charge is 2.28. The largest absolute Gasteiger partial charge is 0.453 e. The molecule has 2 amide bonds. The molecule has 10 nitrogen and oxygen atoms in total. The lowest BCUT2D eigenvalue weighted by molar-refractivity contribution is -0.122. The maximum atomic E-state index is 12.3. The summed E-state index contributed by atoms with van der Waals surface area (Å²) in [5.74, 6) is 0.382. The summed E-state index contributed by atoms with van der Waals surface area (Å²) in [5, 5.41) is 15.2. The molecule has 0 unspecified atom stereocenters. The van der Waals surface area contributed by atoms with E-state index in [-0.39, 0.29) is 36.8 Å². The smallest absolute Gasteiger partial charge is 0.407 e. The van der Waals surface area contributed by atoms with Crippen molar-refractivity contribution in [2.75, 3.05) is 20.3 Å². The van der Waals surface area contributed by atoms with Gasteiger partial charge in [0.1, 0.15) is 11.7 Å². The minimum Gasteiger partial charge on any atom is -0.453 e. The van der Waals surface area contributed by atoms with Crippen LogP contribution in [0, 0.1) is 0 Å². The number of ether oxygens (including phenoxy) is 1. The Hall–Kier alpha value is -3.01. The Balaban J connectivity index is 2.04. The van der Waals surface area contributed by atoms with Gasteiger partial charge in [0.15, 0.2) is 0 Å². The molecule has 0 spiro atoms. The number of hydrogen-bond acceptors (Lipinski definition) is 8. The average Bonchev–Trinajstić information content (AvgIpc) is 2.69. The minimum atomic E-state index is -0.422. The summed E-state index contributed by atoms with van der Waals surface area (Å²) in [7, 11) is 1.34. The molecule has 0 atom stereocenters. The van der Waals surface area contributed by atoms with Gasteiger partial charge in [-0.05, 0) is 32.1 Å². The standard InChI is InChI=1S/C19H30N6O4/c1-12(22-13-4-6-14(7-5-13)24-19(28)29-2)23-18-15(11-20)16(21)10-17(27)25(18)8-3-9-26/h10-11,13-14,22,26H,1,3-9,20-21H2,2H3,(H,24,28)/b15-11-,23-18+/t13-,14-. The van der Waals surface area contributed by atoms with E-state index in [1.807, 2.05) is 0 Å². The van der Waals surface area contributed by atoms with Gasteiger partial charge in [0, 0.05) is 43.2 Å². The summed E-state index contributed by atoms with van der Waals surface area (Å²) >= 11 is 0. The number of aliphatic imine (C=N–C) groups is 1. The van der Waals surface area contributed by atoms with Crippen molar-refractivity contribution in [3.05, 3.63) is 35.9 Å². The number of aliphatic hydroxyl groups is 1. The van der Waals surface area contributed by atoms with Crippen LogP contribution in [0.25, 0.3) is 0 Å². The first kappa shape index (κ1) is 22.3. The predicted octanol–water partition coefficient (Wildman–Crippen LogP) is 0.0227. The molecule has 0 aromatic carbocycles. The number of alkyl carbamates (subject to hydrolysis) is 1. The molecule has 1 aliphatic heterocycles. The number of nitrogens with one attached hydrogen (secondary N) is 2. The fourth-order valence-corrected chi connectivity index (χ4v) is 3.41. The van der Waals surface area contributed by atoms with E-state index in [2.05, 4.69) is 26.9 Å². The first-order valence-corrected chi connectivity index (χ1v) is 9.60. The Morgan fingerprint density at radius 2 is 2.00 bits per heavy atom. The van der Waals surface area contributed by atoms with Gasteiger partial charge in [0.25, 0.3) is 5.91 Å². The van der Waals surface area contributed by atoms with Crippen LogP contribution < -0.4 is 22.1 Å². The zero-order valence-corrected chi connectivity index (χ0v) is 16.7. The molecule has 1 heterocycles. The first-order valence-electron chi connectivity index (χ1n) is 9.60. The van der Waals surface area contributed by atoms with Crippen LogP contribution in [0.2, 0.25) is 0 Å². The van der Waals surface area contributed by atoms with E-state index in [4.69, 9.17) is 16.6 Å². The monoisotopic (exact) mass is 406 g/mol. The van der Waals surface area contributed by atoms with Gasteiger partial charge < -0.3 is 31.9 Å². The number of amidine groups is 1. The molecule has 160 valence electrons. The fraction of sp³-hybridized carbons (Fsp3) is 0.526. The van der Waals surface area contributed by atoms with Crippen LogP contribution in [-0.2, 0) is 9.53 Å². The van der Waals surface area contributed by atoms with Crippen molar-refractivity contribution < 1.29 is 19.4 Å². The van der Waals surface area contributed by atoms with Gasteiger partial charge >= 0.3 is 6.09 Å². The summed E-state index contributed by atoms with van der Waals surface area (Å²) in [6, 6.07) is 0.229. The van der Waals surface area contributed by atoms with E-state index in [1.165, 1.54) is 24.3 Å². The molecule has 0 radical (unpaired) electrons. The third-order valence-corrected chi connectivity index (χ3v) is 4.91. The Bertz CT molecular complexity index is 722. The number of methoxy groups -OCH3 is 1. The molecule has 0 aromatic rings. The molecule has 0 aromatic heterocycles. The number of rotatable bonds is 7. The second kappa shape index (κ2) is 10.5. The zero-order valence-electron chi connectivity index (χ0n) is 16.7. The molecule has 1 fully saturated rings. The van der Waals surface area contributed by atoms with Crippen LogP contribution in [0.3, 0.4) is 0 Å². The Labute approximate surface area is 170 Å². The molecule has 10 heteroatoms. The van der Waals surface area contributed by atoms with E-state index < -0.39 is 6.09 Å². The molecule has 2 rings (SSSR count). The van der Waals surface area contributed by atoms with Crippen molar-refractivity contribution in [3.63, 3.8) is 0 Å². The maximum Gasteiger partial charge on any atom is 0.407 e. The molecule has 1 saturated carbocycles. The molecule has 0 bridgehead atoms. The zero-order chi connectivity index (χ0) is 21.4. The third kappa shape index (κ3) is 5.98. The van der Waals surface area contributed by atoms with Gasteiger partial charge in [-0.3, -0.25) is 9.69 Å². The maximum absolute atomic E-state index is 12.3. The number of amides is 2. The van der Waals surface area contributed by atoms with Crippen LogP contribution in [-0.4, -0.2) is 60.2 Å². The Morgan fingerprint density at radius 1 is 1.38 bits per heavy atom. The Kier molecular flexibility index (Phi) is 8.08. The summed E-state index contributed by atoms with van der Waals surface area (Å²) in [6.07, 6.45) is 5.84. The van der Waals surface area contributed by atoms with Gasteiger partial charge in [-0.15, -0.1) is 0 Å². The third-order valence-electron chi connectivity index (χ3n) is 4.91. The van der Waals surface area contributed by atoms with Crippen molar-refractivity contribution in [1.82, 2.24) is 15.5 Å². The molecular formula is C19H30N6O4. The number of carbonyl (C=O) groups is 2. The topological polar surface area (TPSA) is 155 Å². The SMILES string of the molecule is C=C(/N=C1\C(=C/N)C(N)=CC(=O)N1CCCO)N[C@H]1CC[C@H](NC(=O)OC)CC1. The van der Waals surface area contributed by atoms with Crippen molar-refractivity contribution in [3.8, 4) is 0 Å². The highest BCUT2D eigenvalue weighted by molar-refractivity contribution is 6.16. The lowest BCUT2D eigenvalue weighted by atomic mass is 9.91. The summed E-state index contributed by atoms with van der Waals surface area (Å²) in [5.41, 5.74) is 12.3. The van der Waals surface area contributed by atoms with Gasteiger partial charge in [0.05, 0.1) is 12.7 Å². The molecule has 0 saturated heterocycles. The fourth-order valence-electron chi connectivity index (χ4n) is 3.41. The van der Waals surface area contributed by atoms with Crippen LogP contribution in [0.5, 0.6) is 0 Å². The minimum absolute atomic E-state index is 0.0556. The highest BCUT2D eigenvalue weighted by Crippen LogP contribution is 2.21. The van der Waals surface area contributed by atoms with E-state index in [1.54, 1.807) is 0 Å². The number of aliphatic hydroxyl groups excluding tert-OH is 1. The van der Waals surface area contributed by atoms with Crippen molar-refractivity contribution >= 4 is 17.8 Å². The Morgan fingerprint density at radius 3 is 2.55 bits per heavy atom. The lowest BCUT2D eigenvalue weighted by Crippen LogP contribution is -2.44. The molecular weight excluding hydrogens is 376 g/mol. The van der Waals surface area contributed by atoms with E-state index in [0.29, 0.717) is 23.7 Å². The summed E-state index contributed by atoms with van der Waals surface area (Å²) in [6.45, 7) is 4.18. The number of hydrogen-bond donors (Lipinski definition) is 5. The van der Waals surface area contributed by atoms with Crippen molar-refractivity contribution in [1.29, 1.82) is 0 Å². The molecule has 29 heavy (non-hydrogen) atoms. The van der Waals surface area contributed by atoms with Gasteiger partial charge in [-0.25, -0.2) is 9.79 Å². The average molecular weight is 406 g/mol. The van der Waals surface area contributed by atoms with Crippen LogP contribution in [0.1, 0.15) is 32.1 Å². The number of nitrogens with two attached hydrogens (primary N) is 2. The normalized spacial score (nSPS) is 25.0. The van der Waals surface area contributed by atoms with Gasteiger partial charge in [-0.1, -0.05) is 6.58 Å². The number of carbonyl (C=O) groups excluding carboxylic acids is 2. The number of nitrogens with zero attached hydrogens (tertiary/aromatic N) is 2. The van der Waals surface area contributed by atoms with E-state index in [9.17, 15) is 9.59 Å². The van der Waals surface area contributed by atoms with Crippen LogP contribution in [0.4, 0.5) is 4.79 Å². The summed E-state index contributed by atoms with van der Waals surface area (Å²) < 4.78 is 4.63. The first-order chi connectivity index (χ1) is 13.9. The quantitative estimate of drug-likeness (QED) is 0.399. The molecule has 2 aliphatic rings. The predicted molar refractivity (Wildman–Crippen MR) is 109 cm³/mol. The summed E-state index contributed by atoms with van der Waals surface area (Å²) in [4.78, 5) is 29.6. The van der Waals surface area contributed by atoms with E-state index >= 15 is 0 Å². The van der Waals surface area contributed by atoms with Crippen molar-refractivity contribution in [2.45, 2.75) is 44.2 Å². The van der Waals surface area contributed by atoms with Crippen LogP contribution in [0.15, 0.2) is 40.9 Å². The highest BCUT2D eigenvalue weighted by atomic mass is 16.5. The lowest BCUT2D eigenvalue weighted by Gasteiger charge is -2.31. The second-order valence-corrected chi connectivity index (χ2v) is 6.96.